The lowest BCUT2D eigenvalue weighted by atomic mass is 10.0. The maximum absolute atomic E-state index is 13.6. The first-order valence-corrected chi connectivity index (χ1v) is 13.0. The Morgan fingerprint density at radius 1 is 1.03 bits per heavy atom. The van der Waals surface area contributed by atoms with Crippen LogP contribution in [-0.4, -0.2) is 51.0 Å². The lowest BCUT2D eigenvalue weighted by molar-refractivity contribution is -0.140. The minimum Gasteiger partial charge on any atom is -0.357 e. The molecule has 2 aromatic rings. The summed E-state index contributed by atoms with van der Waals surface area (Å²) >= 11 is 0. The van der Waals surface area contributed by atoms with E-state index in [1.807, 2.05) is 64.1 Å². The third kappa shape index (κ3) is 6.57. The molecule has 180 valence electrons. The third-order valence-corrected chi connectivity index (χ3v) is 6.87. The number of aryl methyl sites for hydroxylation is 1. The number of rotatable bonds is 10. The highest BCUT2D eigenvalue weighted by Gasteiger charge is 2.32. The lowest BCUT2D eigenvalue weighted by Crippen LogP contribution is -2.51. The standard InChI is InChI=1S/C25H35N3O4S/c1-7-22(25(30)26-5)27(16-20-13-9-8-12-19(20)4)24(29)17-28(33(6,31)32)23-15-11-10-14-21(23)18(2)3/h8-15,18,22H,7,16-17H2,1-6H3,(H,26,30)/t22-/m1/s1. The van der Waals surface area contributed by atoms with Gasteiger partial charge in [0.25, 0.3) is 0 Å². The number of carbonyl (C=O) groups is 2. The second kappa shape index (κ2) is 11.3. The number of sulfonamides is 1. The fourth-order valence-electron chi connectivity index (χ4n) is 3.85. The molecule has 8 heteroatoms. The van der Waals surface area contributed by atoms with E-state index in [2.05, 4.69) is 5.32 Å². The summed E-state index contributed by atoms with van der Waals surface area (Å²) in [6, 6.07) is 14.1. The minimum absolute atomic E-state index is 0.0675. The van der Waals surface area contributed by atoms with Gasteiger partial charge in [-0.15, -0.1) is 0 Å². The van der Waals surface area contributed by atoms with E-state index >= 15 is 0 Å². The smallest absolute Gasteiger partial charge is 0.244 e. The molecule has 0 aliphatic heterocycles. The first-order valence-electron chi connectivity index (χ1n) is 11.1. The minimum atomic E-state index is -3.76. The number of amides is 2. The highest BCUT2D eigenvalue weighted by molar-refractivity contribution is 7.92. The predicted octanol–water partition coefficient (Wildman–Crippen LogP) is 3.44. The molecule has 0 spiro atoms. The number of hydrogen-bond acceptors (Lipinski definition) is 4. The van der Waals surface area contributed by atoms with Crippen LogP contribution >= 0.6 is 0 Å². The molecule has 0 bridgehead atoms. The molecular formula is C25H35N3O4S. The van der Waals surface area contributed by atoms with Crippen LogP contribution in [0.4, 0.5) is 5.69 Å². The third-order valence-electron chi connectivity index (χ3n) is 5.74. The largest absolute Gasteiger partial charge is 0.357 e. The summed E-state index contributed by atoms with van der Waals surface area (Å²) in [5.74, 6) is -0.650. The molecule has 0 aliphatic carbocycles. The number of hydrogen-bond donors (Lipinski definition) is 1. The number of nitrogens with zero attached hydrogens (tertiary/aromatic N) is 2. The second-order valence-electron chi connectivity index (χ2n) is 8.47. The van der Waals surface area contributed by atoms with Gasteiger partial charge in [0.05, 0.1) is 11.9 Å². The topological polar surface area (TPSA) is 86.8 Å². The molecule has 33 heavy (non-hydrogen) atoms. The van der Waals surface area contributed by atoms with Crippen molar-refractivity contribution in [3.63, 3.8) is 0 Å². The van der Waals surface area contributed by atoms with E-state index in [9.17, 15) is 18.0 Å². The van der Waals surface area contributed by atoms with Gasteiger partial charge in [-0.25, -0.2) is 8.42 Å². The molecule has 7 nitrogen and oxygen atoms in total. The van der Waals surface area contributed by atoms with Crippen LogP contribution in [0.5, 0.6) is 0 Å². The maximum Gasteiger partial charge on any atom is 0.244 e. The summed E-state index contributed by atoms with van der Waals surface area (Å²) in [5, 5.41) is 2.63. The van der Waals surface area contributed by atoms with Gasteiger partial charge in [-0.3, -0.25) is 13.9 Å². The zero-order chi connectivity index (χ0) is 24.8. The molecule has 2 amide bonds. The normalized spacial score (nSPS) is 12.3. The van der Waals surface area contributed by atoms with E-state index in [-0.39, 0.29) is 24.9 Å². The number of para-hydroxylation sites is 1. The van der Waals surface area contributed by atoms with Gasteiger partial charge in [0, 0.05) is 13.6 Å². The fourth-order valence-corrected chi connectivity index (χ4v) is 4.72. The van der Waals surface area contributed by atoms with Crippen LogP contribution in [0.3, 0.4) is 0 Å². The van der Waals surface area contributed by atoms with Crippen LogP contribution in [0.25, 0.3) is 0 Å². The summed E-state index contributed by atoms with van der Waals surface area (Å²) in [5.41, 5.74) is 3.21. The van der Waals surface area contributed by atoms with Crippen molar-refractivity contribution in [3.8, 4) is 0 Å². The summed E-state index contributed by atoms with van der Waals surface area (Å²) in [6.07, 6.45) is 1.50. The van der Waals surface area contributed by atoms with Crippen molar-refractivity contribution in [3.05, 3.63) is 65.2 Å². The first kappa shape index (κ1) is 26.4. The molecular weight excluding hydrogens is 438 g/mol. The van der Waals surface area contributed by atoms with E-state index in [0.29, 0.717) is 12.1 Å². The van der Waals surface area contributed by atoms with Crippen molar-refractivity contribution in [1.82, 2.24) is 10.2 Å². The molecule has 0 radical (unpaired) electrons. The SMILES string of the molecule is CC[C@H](C(=O)NC)N(Cc1ccccc1C)C(=O)CN(c1ccccc1C(C)C)S(C)(=O)=O. The average Bonchev–Trinajstić information content (AvgIpc) is 2.77. The molecule has 0 fully saturated rings. The van der Waals surface area contributed by atoms with Crippen LogP contribution < -0.4 is 9.62 Å². The molecule has 1 atom stereocenters. The van der Waals surface area contributed by atoms with Crippen molar-refractivity contribution in [2.75, 3.05) is 24.2 Å². The number of benzene rings is 2. The predicted molar refractivity (Wildman–Crippen MR) is 133 cm³/mol. The Morgan fingerprint density at radius 3 is 2.18 bits per heavy atom. The quantitative estimate of drug-likeness (QED) is 0.573. The Bertz CT molecular complexity index is 1080. The molecule has 0 aromatic heterocycles. The van der Waals surface area contributed by atoms with Crippen LogP contribution in [-0.2, 0) is 26.2 Å². The highest BCUT2D eigenvalue weighted by Crippen LogP contribution is 2.29. The van der Waals surface area contributed by atoms with E-state index in [4.69, 9.17) is 0 Å². The van der Waals surface area contributed by atoms with Crippen molar-refractivity contribution in [2.45, 2.75) is 52.6 Å². The van der Waals surface area contributed by atoms with Crippen LogP contribution in [0.1, 0.15) is 49.8 Å². The van der Waals surface area contributed by atoms with Gasteiger partial charge < -0.3 is 10.2 Å². The van der Waals surface area contributed by atoms with Crippen molar-refractivity contribution in [1.29, 1.82) is 0 Å². The monoisotopic (exact) mass is 473 g/mol. The number of likely N-dealkylation sites (N-methyl/N-ethyl adjacent to an activating group) is 1. The number of anilines is 1. The Hall–Kier alpha value is -2.87. The van der Waals surface area contributed by atoms with Crippen LogP contribution in [0, 0.1) is 6.92 Å². The van der Waals surface area contributed by atoms with Gasteiger partial charge in [-0.1, -0.05) is 63.2 Å². The van der Waals surface area contributed by atoms with Gasteiger partial charge in [-0.2, -0.15) is 0 Å². The summed E-state index contributed by atoms with van der Waals surface area (Å²) in [7, 11) is -2.23. The highest BCUT2D eigenvalue weighted by atomic mass is 32.2. The van der Waals surface area contributed by atoms with Crippen molar-refractivity contribution < 1.29 is 18.0 Å². The Balaban J connectivity index is 2.51. The lowest BCUT2D eigenvalue weighted by Gasteiger charge is -2.33. The van der Waals surface area contributed by atoms with Crippen LogP contribution in [0.15, 0.2) is 48.5 Å². The van der Waals surface area contributed by atoms with Gasteiger partial charge >= 0.3 is 0 Å². The van der Waals surface area contributed by atoms with Crippen molar-refractivity contribution in [2.24, 2.45) is 0 Å². The Labute approximate surface area is 197 Å². The summed E-state index contributed by atoms with van der Waals surface area (Å²) in [4.78, 5) is 27.7. The Kier molecular flexibility index (Phi) is 9.05. The van der Waals surface area contributed by atoms with Gasteiger partial charge in [0.15, 0.2) is 0 Å². The number of carbonyl (C=O) groups excluding carboxylic acids is 2. The molecule has 2 aromatic carbocycles. The summed E-state index contributed by atoms with van der Waals surface area (Å²) in [6.45, 7) is 7.55. The molecule has 1 N–H and O–H groups in total. The van der Waals surface area contributed by atoms with Gasteiger partial charge in [0.2, 0.25) is 21.8 Å². The molecule has 0 saturated heterocycles. The maximum atomic E-state index is 13.6. The fraction of sp³-hybridized carbons (Fsp3) is 0.440. The second-order valence-corrected chi connectivity index (χ2v) is 10.4. The molecule has 0 aliphatic rings. The van der Waals surface area contributed by atoms with Crippen molar-refractivity contribution >= 4 is 27.5 Å². The zero-order valence-corrected chi connectivity index (χ0v) is 21.1. The van der Waals surface area contributed by atoms with Gasteiger partial charge in [-0.05, 0) is 42.0 Å². The molecule has 0 saturated carbocycles. The van der Waals surface area contributed by atoms with E-state index in [0.717, 1.165) is 27.3 Å². The first-order chi connectivity index (χ1) is 15.5. The Morgan fingerprint density at radius 2 is 1.64 bits per heavy atom. The molecule has 2 rings (SSSR count). The molecule has 0 heterocycles. The number of nitrogens with one attached hydrogen (secondary N) is 1. The van der Waals surface area contributed by atoms with E-state index in [1.54, 1.807) is 12.1 Å². The van der Waals surface area contributed by atoms with Gasteiger partial charge in [0.1, 0.15) is 12.6 Å². The van der Waals surface area contributed by atoms with Crippen LogP contribution in [0.2, 0.25) is 0 Å². The zero-order valence-electron chi connectivity index (χ0n) is 20.3. The van der Waals surface area contributed by atoms with E-state index in [1.165, 1.54) is 11.9 Å². The molecule has 0 unspecified atom stereocenters. The van der Waals surface area contributed by atoms with E-state index < -0.39 is 22.0 Å². The average molecular weight is 474 g/mol. The summed E-state index contributed by atoms with van der Waals surface area (Å²) < 4.78 is 26.7.